The van der Waals surface area contributed by atoms with Gasteiger partial charge in [0, 0.05) is 0 Å². The highest BCUT2D eigenvalue weighted by atomic mass is 16.3. The molecule has 0 aliphatic heterocycles. The van der Waals surface area contributed by atoms with Crippen molar-refractivity contribution in [1.82, 2.24) is 0 Å². The van der Waals surface area contributed by atoms with E-state index in [1.807, 2.05) is 13.8 Å². The summed E-state index contributed by atoms with van der Waals surface area (Å²) >= 11 is 0. The van der Waals surface area contributed by atoms with Crippen LogP contribution in [0.3, 0.4) is 0 Å². The summed E-state index contributed by atoms with van der Waals surface area (Å²) in [6.07, 6.45) is 4.96. The van der Waals surface area contributed by atoms with Gasteiger partial charge in [0.15, 0.2) is 0 Å². The summed E-state index contributed by atoms with van der Waals surface area (Å²) in [7, 11) is 0. The van der Waals surface area contributed by atoms with Crippen LogP contribution in [0, 0.1) is 5.92 Å². The number of hydrogen-bond acceptors (Lipinski definition) is 1. The second-order valence-electron chi connectivity index (χ2n) is 4.05. The molecule has 0 heterocycles. The monoisotopic (exact) mass is 158 g/mol. The fraction of sp³-hybridized carbons (Fsp3) is 1.00. The Kier molecular flexibility index (Phi) is 4.74. The molecule has 0 aliphatic carbocycles. The fourth-order valence-electron chi connectivity index (χ4n) is 1.05. The van der Waals surface area contributed by atoms with Gasteiger partial charge in [-0.3, -0.25) is 0 Å². The first-order valence-electron chi connectivity index (χ1n) is 4.70. The maximum absolute atomic E-state index is 9.59. The molecule has 68 valence electrons. The van der Waals surface area contributed by atoms with Gasteiger partial charge in [-0.05, 0) is 26.2 Å². The molecule has 0 fully saturated rings. The van der Waals surface area contributed by atoms with Gasteiger partial charge in [-0.1, -0.05) is 33.1 Å². The molecule has 0 saturated heterocycles. The van der Waals surface area contributed by atoms with Crippen LogP contribution in [0.4, 0.5) is 0 Å². The van der Waals surface area contributed by atoms with Gasteiger partial charge < -0.3 is 5.11 Å². The van der Waals surface area contributed by atoms with E-state index in [4.69, 9.17) is 0 Å². The molecule has 0 amide bonds. The van der Waals surface area contributed by atoms with Crippen LogP contribution < -0.4 is 0 Å². The molecule has 1 unspecified atom stereocenters. The fourth-order valence-corrected chi connectivity index (χ4v) is 1.05. The molecule has 1 atom stereocenters. The van der Waals surface area contributed by atoms with Crippen molar-refractivity contribution in [2.75, 3.05) is 0 Å². The Hall–Kier alpha value is -0.0400. The molecule has 0 bridgehead atoms. The number of aliphatic hydroxyl groups is 1. The number of hydrogen-bond donors (Lipinski definition) is 1. The van der Waals surface area contributed by atoms with Crippen LogP contribution >= 0.6 is 0 Å². The Bertz CT molecular complexity index is 91.5. The molecule has 0 aromatic rings. The van der Waals surface area contributed by atoms with E-state index in [1.165, 1.54) is 19.3 Å². The van der Waals surface area contributed by atoms with Crippen molar-refractivity contribution in [2.24, 2.45) is 5.92 Å². The van der Waals surface area contributed by atoms with Gasteiger partial charge in [0.2, 0.25) is 0 Å². The lowest BCUT2D eigenvalue weighted by Gasteiger charge is -2.25. The van der Waals surface area contributed by atoms with Gasteiger partial charge in [-0.25, -0.2) is 0 Å². The van der Waals surface area contributed by atoms with Crippen molar-refractivity contribution in [3.63, 3.8) is 0 Å². The second kappa shape index (κ2) is 4.76. The largest absolute Gasteiger partial charge is 0.390 e. The van der Waals surface area contributed by atoms with Crippen LogP contribution in [-0.4, -0.2) is 10.7 Å². The van der Waals surface area contributed by atoms with E-state index in [2.05, 4.69) is 13.8 Å². The summed E-state index contributed by atoms with van der Waals surface area (Å²) in [6.45, 7) is 8.11. The minimum atomic E-state index is -0.492. The highest BCUT2D eigenvalue weighted by Gasteiger charge is 2.20. The summed E-state index contributed by atoms with van der Waals surface area (Å²) in [4.78, 5) is 0. The van der Waals surface area contributed by atoms with Gasteiger partial charge in [-0.15, -0.1) is 0 Å². The first kappa shape index (κ1) is 11.0. The van der Waals surface area contributed by atoms with Crippen LogP contribution in [0.15, 0.2) is 0 Å². The standard InChI is InChI=1S/C10H22O/c1-5-6-7-8-9(2)10(3,4)11/h9,11H,5-8H2,1-4H3. The molecule has 0 rings (SSSR count). The normalized spacial score (nSPS) is 15.0. The third-order valence-electron chi connectivity index (χ3n) is 2.45. The van der Waals surface area contributed by atoms with Crippen LogP contribution in [0.5, 0.6) is 0 Å². The SMILES string of the molecule is CCCCCC(C)C(C)(C)O. The first-order valence-corrected chi connectivity index (χ1v) is 4.70. The highest BCUT2D eigenvalue weighted by molar-refractivity contribution is 4.72. The summed E-state index contributed by atoms with van der Waals surface area (Å²) in [5.41, 5.74) is -0.492. The molecule has 0 aromatic carbocycles. The average molecular weight is 158 g/mol. The summed E-state index contributed by atoms with van der Waals surface area (Å²) in [5, 5.41) is 9.59. The predicted octanol–water partition coefficient (Wildman–Crippen LogP) is 2.97. The Morgan fingerprint density at radius 1 is 1.27 bits per heavy atom. The molecule has 0 spiro atoms. The average Bonchev–Trinajstić information content (AvgIpc) is 1.86. The predicted molar refractivity (Wildman–Crippen MR) is 49.6 cm³/mol. The molecular formula is C10H22O. The summed E-state index contributed by atoms with van der Waals surface area (Å²) in [6, 6.07) is 0. The van der Waals surface area contributed by atoms with Crippen molar-refractivity contribution >= 4 is 0 Å². The third-order valence-corrected chi connectivity index (χ3v) is 2.45. The molecular weight excluding hydrogens is 136 g/mol. The van der Waals surface area contributed by atoms with Gasteiger partial charge in [0.25, 0.3) is 0 Å². The van der Waals surface area contributed by atoms with Crippen molar-refractivity contribution < 1.29 is 5.11 Å². The topological polar surface area (TPSA) is 20.2 Å². The van der Waals surface area contributed by atoms with Gasteiger partial charge in [0.05, 0.1) is 5.60 Å². The van der Waals surface area contributed by atoms with Crippen molar-refractivity contribution in [1.29, 1.82) is 0 Å². The lowest BCUT2D eigenvalue weighted by atomic mass is 9.88. The minimum absolute atomic E-state index is 0.425. The van der Waals surface area contributed by atoms with Gasteiger partial charge >= 0.3 is 0 Å². The lowest BCUT2D eigenvalue weighted by Crippen LogP contribution is -2.28. The zero-order valence-corrected chi connectivity index (χ0v) is 8.35. The van der Waals surface area contributed by atoms with Gasteiger partial charge in [-0.2, -0.15) is 0 Å². The smallest absolute Gasteiger partial charge is 0.0617 e. The maximum Gasteiger partial charge on any atom is 0.0617 e. The Balaban J connectivity index is 3.44. The molecule has 0 saturated carbocycles. The minimum Gasteiger partial charge on any atom is -0.390 e. The molecule has 1 heteroatoms. The van der Waals surface area contributed by atoms with Crippen LogP contribution in [-0.2, 0) is 0 Å². The summed E-state index contributed by atoms with van der Waals surface area (Å²) in [5.74, 6) is 0.425. The Morgan fingerprint density at radius 3 is 2.18 bits per heavy atom. The quantitative estimate of drug-likeness (QED) is 0.610. The second-order valence-corrected chi connectivity index (χ2v) is 4.05. The Morgan fingerprint density at radius 2 is 1.82 bits per heavy atom. The zero-order chi connectivity index (χ0) is 8.91. The lowest BCUT2D eigenvalue weighted by molar-refractivity contribution is 0.0204. The van der Waals surface area contributed by atoms with Crippen molar-refractivity contribution in [3.8, 4) is 0 Å². The van der Waals surface area contributed by atoms with E-state index >= 15 is 0 Å². The first-order chi connectivity index (χ1) is 4.98. The van der Waals surface area contributed by atoms with Crippen LogP contribution in [0.1, 0.15) is 53.4 Å². The van der Waals surface area contributed by atoms with E-state index in [1.54, 1.807) is 0 Å². The number of rotatable bonds is 5. The maximum atomic E-state index is 9.59. The molecule has 11 heavy (non-hydrogen) atoms. The van der Waals surface area contributed by atoms with Crippen molar-refractivity contribution in [3.05, 3.63) is 0 Å². The molecule has 1 N–H and O–H groups in total. The van der Waals surface area contributed by atoms with Crippen molar-refractivity contribution in [2.45, 2.75) is 59.0 Å². The molecule has 0 radical (unpaired) electrons. The summed E-state index contributed by atoms with van der Waals surface area (Å²) < 4.78 is 0. The third kappa shape index (κ3) is 5.25. The molecule has 0 aliphatic rings. The van der Waals surface area contributed by atoms with Gasteiger partial charge in [0.1, 0.15) is 0 Å². The van der Waals surface area contributed by atoms with E-state index in [9.17, 15) is 5.11 Å². The van der Waals surface area contributed by atoms with E-state index in [0.717, 1.165) is 6.42 Å². The van der Waals surface area contributed by atoms with E-state index < -0.39 is 5.60 Å². The van der Waals surface area contributed by atoms with E-state index in [0.29, 0.717) is 5.92 Å². The van der Waals surface area contributed by atoms with E-state index in [-0.39, 0.29) is 0 Å². The van der Waals surface area contributed by atoms with Crippen LogP contribution in [0.25, 0.3) is 0 Å². The highest BCUT2D eigenvalue weighted by Crippen LogP contribution is 2.21. The zero-order valence-electron chi connectivity index (χ0n) is 8.35. The number of unbranched alkanes of at least 4 members (excludes halogenated alkanes) is 2. The molecule has 1 nitrogen and oxygen atoms in total. The van der Waals surface area contributed by atoms with Crippen LogP contribution in [0.2, 0.25) is 0 Å². The molecule has 0 aromatic heterocycles. The Labute approximate surface area is 70.8 Å².